The Morgan fingerprint density at radius 3 is 2.94 bits per heavy atom. The zero-order valence-electron chi connectivity index (χ0n) is 8.64. The summed E-state index contributed by atoms with van der Waals surface area (Å²) in [5.74, 6) is -0.965. The van der Waals surface area contributed by atoms with Gasteiger partial charge in [-0.15, -0.1) is 5.10 Å². The summed E-state index contributed by atoms with van der Waals surface area (Å²) in [6.07, 6.45) is 0.950. The Bertz CT molecular complexity index is 550. The van der Waals surface area contributed by atoms with Crippen LogP contribution in [-0.4, -0.2) is 26.1 Å². The van der Waals surface area contributed by atoms with Crippen molar-refractivity contribution < 1.29 is 9.90 Å². The van der Waals surface area contributed by atoms with Gasteiger partial charge in [0.25, 0.3) is 0 Å². The van der Waals surface area contributed by atoms with Crippen LogP contribution in [0.1, 0.15) is 23.7 Å². The predicted molar refractivity (Wildman–Crippen MR) is 62.5 cm³/mol. The zero-order valence-corrected chi connectivity index (χ0v) is 10.2. The molecule has 0 spiro atoms. The number of benzene rings is 1. The van der Waals surface area contributed by atoms with Gasteiger partial charge in [0.05, 0.1) is 5.56 Å². The lowest BCUT2D eigenvalue weighted by molar-refractivity contribution is 0.0697. The lowest BCUT2D eigenvalue weighted by atomic mass is 10.2. The number of aryl methyl sites for hydroxylation is 1. The highest BCUT2D eigenvalue weighted by atomic mass is 79.9. The Morgan fingerprint density at radius 1 is 1.56 bits per heavy atom. The first-order valence-electron chi connectivity index (χ1n) is 4.89. The van der Waals surface area contributed by atoms with Gasteiger partial charge in [-0.25, -0.2) is 9.48 Å². The molecule has 1 heterocycles. The topological polar surface area (TPSA) is 68.0 Å². The molecule has 1 aromatic heterocycles. The lowest BCUT2D eigenvalue weighted by Crippen LogP contribution is -2.00. The Labute approximate surface area is 100 Å². The maximum atomic E-state index is 10.9. The van der Waals surface area contributed by atoms with Crippen LogP contribution in [0.3, 0.4) is 0 Å². The maximum Gasteiger partial charge on any atom is 0.335 e. The number of halogens is 1. The van der Waals surface area contributed by atoms with E-state index in [9.17, 15) is 4.79 Å². The molecule has 1 aromatic carbocycles. The van der Waals surface area contributed by atoms with E-state index in [2.05, 4.69) is 26.2 Å². The Morgan fingerprint density at radius 2 is 2.31 bits per heavy atom. The molecule has 0 aliphatic carbocycles. The number of aromatic nitrogens is 3. The van der Waals surface area contributed by atoms with E-state index in [-0.39, 0.29) is 5.56 Å². The highest BCUT2D eigenvalue weighted by Gasteiger charge is 2.12. The average Bonchev–Trinajstić information content (AvgIpc) is 2.62. The van der Waals surface area contributed by atoms with Crippen molar-refractivity contribution in [2.24, 2.45) is 0 Å². The highest BCUT2D eigenvalue weighted by molar-refractivity contribution is 9.10. The van der Waals surface area contributed by atoms with Crippen LogP contribution in [-0.2, 0) is 6.54 Å². The fraction of sp³-hybridized carbons (Fsp3) is 0.300. The summed E-state index contributed by atoms with van der Waals surface area (Å²) >= 11 is 3.35. The highest BCUT2D eigenvalue weighted by Crippen LogP contribution is 2.24. The molecule has 0 aliphatic heterocycles. The van der Waals surface area contributed by atoms with Crippen LogP contribution in [0.25, 0.3) is 11.0 Å². The van der Waals surface area contributed by atoms with Crippen molar-refractivity contribution in [3.05, 3.63) is 22.2 Å². The van der Waals surface area contributed by atoms with E-state index in [4.69, 9.17) is 5.11 Å². The van der Waals surface area contributed by atoms with Gasteiger partial charge in [0.1, 0.15) is 11.0 Å². The number of fused-ring (bicyclic) bond motifs is 1. The summed E-state index contributed by atoms with van der Waals surface area (Å²) in [6, 6.07) is 3.10. The van der Waals surface area contributed by atoms with E-state index in [0.29, 0.717) is 9.99 Å². The third-order valence-electron chi connectivity index (χ3n) is 2.24. The fourth-order valence-electron chi connectivity index (χ4n) is 1.55. The molecular weight excluding hydrogens is 274 g/mol. The Balaban J connectivity index is 2.64. The normalized spacial score (nSPS) is 10.9. The monoisotopic (exact) mass is 283 g/mol. The van der Waals surface area contributed by atoms with Crippen LogP contribution < -0.4 is 0 Å². The molecule has 0 atom stereocenters. The second kappa shape index (κ2) is 4.21. The van der Waals surface area contributed by atoms with Gasteiger partial charge in [-0.3, -0.25) is 0 Å². The Kier molecular flexibility index (Phi) is 2.91. The van der Waals surface area contributed by atoms with Gasteiger partial charge in [0.2, 0.25) is 0 Å². The molecule has 0 fully saturated rings. The number of rotatable bonds is 3. The van der Waals surface area contributed by atoms with Crippen molar-refractivity contribution in [3.8, 4) is 0 Å². The molecule has 0 aliphatic rings. The third-order valence-corrected chi connectivity index (χ3v) is 2.85. The van der Waals surface area contributed by atoms with E-state index in [1.165, 1.54) is 6.07 Å². The van der Waals surface area contributed by atoms with Crippen LogP contribution in [0.5, 0.6) is 0 Å². The number of carboxylic acid groups (broad SMARTS) is 1. The van der Waals surface area contributed by atoms with Crippen LogP contribution >= 0.6 is 15.9 Å². The van der Waals surface area contributed by atoms with E-state index >= 15 is 0 Å². The molecule has 6 heteroatoms. The Hall–Kier alpha value is -1.43. The predicted octanol–water partition coefficient (Wildman–Crippen LogP) is 2.30. The minimum atomic E-state index is -0.965. The van der Waals surface area contributed by atoms with E-state index in [1.54, 1.807) is 10.7 Å². The first-order valence-corrected chi connectivity index (χ1v) is 5.68. The zero-order chi connectivity index (χ0) is 11.7. The van der Waals surface area contributed by atoms with E-state index < -0.39 is 5.97 Å². The smallest absolute Gasteiger partial charge is 0.335 e. The molecule has 0 saturated carbocycles. The third kappa shape index (κ3) is 1.80. The second-order valence-electron chi connectivity index (χ2n) is 3.44. The minimum absolute atomic E-state index is 0.211. The van der Waals surface area contributed by atoms with Crippen molar-refractivity contribution in [1.29, 1.82) is 0 Å². The molecule has 0 radical (unpaired) electrons. The standard InChI is InChI=1S/C10H10BrN3O2/c1-2-3-14-9-7(11)4-6(10(15)16)5-8(9)12-13-14/h4-5H,2-3H2,1H3,(H,15,16). The van der Waals surface area contributed by atoms with Gasteiger partial charge in [0.15, 0.2) is 0 Å². The second-order valence-corrected chi connectivity index (χ2v) is 4.30. The van der Waals surface area contributed by atoms with Gasteiger partial charge >= 0.3 is 5.97 Å². The van der Waals surface area contributed by atoms with Crippen molar-refractivity contribution in [2.45, 2.75) is 19.9 Å². The first kappa shape index (κ1) is 11.1. The molecule has 84 valence electrons. The summed E-state index contributed by atoms with van der Waals surface area (Å²) in [6.45, 7) is 2.81. The maximum absolute atomic E-state index is 10.9. The van der Waals surface area contributed by atoms with Crippen molar-refractivity contribution in [2.75, 3.05) is 0 Å². The molecule has 0 amide bonds. The number of carbonyl (C=O) groups is 1. The summed E-state index contributed by atoms with van der Waals surface area (Å²) < 4.78 is 2.48. The van der Waals surface area contributed by atoms with E-state index in [0.717, 1.165) is 18.5 Å². The van der Waals surface area contributed by atoms with Crippen molar-refractivity contribution in [1.82, 2.24) is 15.0 Å². The minimum Gasteiger partial charge on any atom is -0.478 e. The molecular formula is C10H10BrN3O2. The number of aromatic carboxylic acids is 1. The van der Waals surface area contributed by atoms with Crippen LogP contribution in [0.4, 0.5) is 0 Å². The molecule has 2 rings (SSSR count). The van der Waals surface area contributed by atoms with Gasteiger partial charge in [-0.2, -0.15) is 0 Å². The molecule has 0 saturated heterocycles. The van der Waals surface area contributed by atoms with Crippen LogP contribution in [0.2, 0.25) is 0 Å². The molecule has 1 N–H and O–H groups in total. The van der Waals surface area contributed by atoms with Gasteiger partial charge < -0.3 is 5.11 Å². The number of hydrogen-bond donors (Lipinski definition) is 1. The molecule has 5 nitrogen and oxygen atoms in total. The molecule has 0 bridgehead atoms. The average molecular weight is 284 g/mol. The molecule has 16 heavy (non-hydrogen) atoms. The largest absolute Gasteiger partial charge is 0.478 e. The molecule has 0 unspecified atom stereocenters. The number of nitrogens with zero attached hydrogens (tertiary/aromatic N) is 3. The van der Waals surface area contributed by atoms with Gasteiger partial charge in [0, 0.05) is 11.0 Å². The number of carboxylic acids is 1. The lowest BCUT2D eigenvalue weighted by Gasteiger charge is -2.02. The summed E-state index contributed by atoms with van der Waals surface area (Å²) in [5.41, 5.74) is 1.65. The van der Waals surface area contributed by atoms with Crippen molar-refractivity contribution >= 4 is 32.9 Å². The first-order chi connectivity index (χ1) is 7.63. The van der Waals surface area contributed by atoms with Crippen LogP contribution in [0, 0.1) is 0 Å². The van der Waals surface area contributed by atoms with E-state index in [1.807, 2.05) is 6.92 Å². The quantitative estimate of drug-likeness (QED) is 0.939. The van der Waals surface area contributed by atoms with Crippen LogP contribution in [0.15, 0.2) is 16.6 Å². The summed E-state index contributed by atoms with van der Waals surface area (Å²) in [5, 5.41) is 16.9. The van der Waals surface area contributed by atoms with Gasteiger partial charge in [-0.1, -0.05) is 12.1 Å². The SMILES string of the molecule is CCCn1nnc2cc(C(=O)O)cc(Br)c21. The summed E-state index contributed by atoms with van der Waals surface area (Å²) in [4.78, 5) is 10.9. The van der Waals surface area contributed by atoms with Crippen molar-refractivity contribution in [3.63, 3.8) is 0 Å². The number of hydrogen-bond acceptors (Lipinski definition) is 3. The van der Waals surface area contributed by atoms with Gasteiger partial charge in [-0.05, 0) is 34.5 Å². The summed E-state index contributed by atoms with van der Waals surface area (Å²) in [7, 11) is 0. The molecule has 2 aromatic rings. The fourth-order valence-corrected chi connectivity index (χ4v) is 2.21.